The molecule has 1 aromatic rings. The Balaban J connectivity index is 2.27. The van der Waals surface area contributed by atoms with Gasteiger partial charge in [-0.2, -0.15) is 0 Å². The number of sulfone groups is 1. The molecule has 0 spiro atoms. The van der Waals surface area contributed by atoms with Gasteiger partial charge in [-0.25, -0.2) is 13.4 Å². The van der Waals surface area contributed by atoms with Crippen LogP contribution >= 0.6 is 11.3 Å². The first-order valence-corrected chi connectivity index (χ1v) is 8.91. The third kappa shape index (κ3) is 2.92. The van der Waals surface area contributed by atoms with E-state index in [1.807, 2.05) is 7.05 Å². The second-order valence-corrected chi connectivity index (χ2v) is 8.49. The Labute approximate surface area is 113 Å². The highest BCUT2D eigenvalue weighted by atomic mass is 32.2. The van der Waals surface area contributed by atoms with E-state index >= 15 is 0 Å². The van der Waals surface area contributed by atoms with Gasteiger partial charge in [0.15, 0.2) is 9.84 Å². The molecule has 0 amide bonds. The fourth-order valence-electron chi connectivity index (χ4n) is 2.29. The maximum absolute atomic E-state index is 11.5. The molecule has 6 heteroatoms. The Morgan fingerprint density at radius 3 is 2.72 bits per heavy atom. The summed E-state index contributed by atoms with van der Waals surface area (Å²) in [6.45, 7) is 5.07. The van der Waals surface area contributed by atoms with Crippen LogP contribution < -0.4 is 5.32 Å². The molecule has 1 saturated heterocycles. The highest BCUT2D eigenvalue weighted by Gasteiger charge is 2.32. The van der Waals surface area contributed by atoms with Gasteiger partial charge in [0.25, 0.3) is 0 Å². The van der Waals surface area contributed by atoms with Gasteiger partial charge < -0.3 is 5.32 Å². The zero-order valence-corrected chi connectivity index (χ0v) is 12.7. The average Bonchev–Trinajstić information content (AvgIpc) is 2.82. The molecule has 1 N–H and O–H groups in total. The molecule has 1 fully saturated rings. The van der Waals surface area contributed by atoms with Crippen LogP contribution in [-0.2, 0) is 16.4 Å². The zero-order chi connectivity index (χ0) is 13.3. The lowest BCUT2D eigenvalue weighted by molar-refractivity contribution is 0.601. The van der Waals surface area contributed by atoms with Crippen molar-refractivity contribution in [2.24, 2.45) is 0 Å². The van der Waals surface area contributed by atoms with Crippen molar-refractivity contribution in [3.05, 3.63) is 15.6 Å². The lowest BCUT2D eigenvalue weighted by Crippen LogP contribution is -2.06. The predicted octanol–water partition coefficient (Wildman–Crippen LogP) is 1.89. The van der Waals surface area contributed by atoms with Gasteiger partial charge in [0.05, 0.1) is 22.2 Å². The minimum atomic E-state index is -2.83. The lowest BCUT2D eigenvalue weighted by Gasteiger charge is -2.04. The Morgan fingerprint density at radius 2 is 2.22 bits per heavy atom. The Hall–Kier alpha value is -0.460. The van der Waals surface area contributed by atoms with Crippen LogP contribution in [0.25, 0.3) is 0 Å². The molecular formula is C12H20N2O2S2. The summed E-state index contributed by atoms with van der Waals surface area (Å²) in [7, 11) is -0.909. The summed E-state index contributed by atoms with van der Waals surface area (Å²) >= 11 is 1.67. The standard InChI is InChI=1S/C12H20N2O2S2/c1-8(2)11-10(6-13-3)17-12(14-11)9-4-5-18(15,16)7-9/h8-9,13H,4-7H2,1-3H3. The molecule has 0 aromatic carbocycles. The largest absolute Gasteiger partial charge is 0.315 e. The van der Waals surface area contributed by atoms with Gasteiger partial charge in [0.1, 0.15) is 0 Å². The fraction of sp³-hybridized carbons (Fsp3) is 0.750. The molecule has 2 rings (SSSR count). The van der Waals surface area contributed by atoms with Crippen molar-refractivity contribution < 1.29 is 8.42 Å². The van der Waals surface area contributed by atoms with E-state index in [9.17, 15) is 8.42 Å². The molecule has 0 bridgehead atoms. The minimum absolute atomic E-state index is 0.114. The van der Waals surface area contributed by atoms with Gasteiger partial charge in [0, 0.05) is 17.3 Å². The molecule has 0 saturated carbocycles. The minimum Gasteiger partial charge on any atom is -0.315 e. The van der Waals surface area contributed by atoms with Crippen LogP contribution in [0.3, 0.4) is 0 Å². The number of nitrogens with one attached hydrogen (secondary N) is 1. The molecule has 0 radical (unpaired) electrons. The first-order valence-electron chi connectivity index (χ1n) is 6.27. The molecule has 1 unspecified atom stereocenters. The quantitative estimate of drug-likeness (QED) is 0.919. The average molecular weight is 288 g/mol. The normalized spacial score (nSPS) is 22.8. The fourth-order valence-corrected chi connectivity index (χ4v) is 5.51. The van der Waals surface area contributed by atoms with Crippen LogP contribution in [0.15, 0.2) is 0 Å². The van der Waals surface area contributed by atoms with Crippen molar-refractivity contribution in [2.75, 3.05) is 18.6 Å². The Bertz CT molecular complexity index is 520. The molecule has 4 nitrogen and oxygen atoms in total. The third-order valence-electron chi connectivity index (χ3n) is 3.21. The second-order valence-electron chi connectivity index (χ2n) is 5.15. The third-order valence-corrected chi connectivity index (χ3v) is 6.21. The van der Waals surface area contributed by atoms with Crippen molar-refractivity contribution in [3.63, 3.8) is 0 Å². The van der Waals surface area contributed by atoms with E-state index in [1.165, 1.54) is 4.88 Å². The number of hydrogen-bond acceptors (Lipinski definition) is 5. The van der Waals surface area contributed by atoms with E-state index in [-0.39, 0.29) is 11.7 Å². The van der Waals surface area contributed by atoms with Gasteiger partial charge in [-0.15, -0.1) is 11.3 Å². The smallest absolute Gasteiger partial charge is 0.151 e. The molecule has 1 aromatic heterocycles. The molecule has 0 aliphatic carbocycles. The number of nitrogens with zero attached hydrogens (tertiary/aromatic N) is 1. The predicted molar refractivity (Wildman–Crippen MR) is 75.0 cm³/mol. The number of rotatable bonds is 4. The van der Waals surface area contributed by atoms with Crippen molar-refractivity contribution in [1.82, 2.24) is 10.3 Å². The summed E-state index contributed by atoms with van der Waals surface area (Å²) in [6, 6.07) is 0. The summed E-state index contributed by atoms with van der Waals surface area (Å²) in [5, 5.41) is 4.16. The number of hydrogen-bond donors (Lipinski definition) is 1. The number of thiazole rings is 1. The van der Waals surface area contributed by atoms with Crippen LogP contribution in [0.5, 0.6) is 0 Å². The maximum atomic E-state index is 11.5. The first kappa shape index (κ1) is 14.0. The summed E-state index contributed by atoms with van der Waals surface area (Å²) in [5.41, 5.74) is 1.12. The van der Waals surface area contributed by atoms with Crippen LogP contribution in [0.4, 0.5) is 0 Å². The van der Waals surface area contributed by atoms with E-state index in [0.29, 0.717) is 11.7 Å². The van der Waals surface area contributed by atoms with Crippen LogP contribution in [0, 0.1) is 0 Å². The van der Waals surface area contributed by atoms with Gasteiger partial charge in [-0.3, -0.25) is 0 Å². The summed E-state index contributed by atoms with van der Waals surface area (Å²) in [4.78, 5) is 5.93. The summed E-state index contributed by atoms with van der Waals surface area (Å²) in [6.07, 6.45) is 0.729. The topological polar surface area (TPSA) is 59.1 Å². The Kier molecular flexibility index (Phi) is 4.08. The first-order chi connectivity index (χ1) is 8.43. The number of aromatic nitrogens is 1. The van der Waals surface area contributed by atoms with E-state index in [1.54, 1.807) is 11.3 Å². The van der Waals surface area contributed by atoms with Crippen molar-refractivity contribution >= 4 is 21.2 Å². The van der Waals surface area contributed by atoms with Crippen molar-refractivity contribution in [1.29, 1.82) is 0 Å². The summed E-state index contributed by atoms with van der Waals surface area (Å²) in [5.74, 6) is 1.09. The van der Waals surface area contributed by atoms with E-state index < -0.39 is 9.84 Å². The highest BCUT2D eigenvalue weighted by molar-refractivity contribution is 7.91. The van der Waals surface area contributed by atoms with E-state index in [0.717, 1.165) is 23.7 Å². The Morgan fingerprint density at radius 1 is 1.50 bits per heavy atom. The SMILES string of the molecule is CNCc1sc(C2CCS(=O)(=O)C2)nc1C(C)C. The van der Waals surface area contributed by atoms with Crippen LogP contribution in [0.2, 0.25) is 0 Å². The van der Waals surface area contributed by atoms with Crippen molar-refractivity contribution in [2.45, 2.75) is 38.6 Å². The van der Waals surface area contributed by atoms with Crippen molar-refractivity contribution in [3.8, 4) is 0 Å². The van der Waals surface area contributed by atoms with E-state index in [2.05, 4.69) is 24.1 Å². The monoisotopic (exact) mass is 288 g/mol. The highest BCUT2D eigenvalue weighted by Crippen LogP contribution is 2.35. The van der Waals surface area contributed by atoms with Gasteiger partial charge in [-0.1, -0.05) is 13.8 Å². The van der Waals surface area contributed by atoms with Gasteiger partial charge in [-0.05, 0) is 19.4 Å². The maximum Gasteiger partial charge on any atom is 0.151 e. The molecule has 102 valence electrons. The molecule has 2 heterocycles. The zero-order valence-electron chi connectivity index (χ0n) is 11.1. The van der Waals surface area contributed by atoms with Crippen LogP contribution in [-0.4, -0.2) is 32.0 Å². The summed E-state index contributed by atoms with van der Waals surface area (Å²) < 4.78 is 23.1. The van der Waals surface area contributed by atoms with Gasteiger partial charge in [0.2, 0.25) is 0 Å². The molecule has 1 aliphatic heterocycles. The second kappa shape index (κ2) is 5.27. The molecule has 1 atom stereocenters. The van der Waals surface area contributed by atoms with E-state index in [4.69, 9.17) is 0 Å². The van der Waals surface area contributed by atoms with Gasteiger partial charge >= 0.3 is 0 Å². The molecule has 18 heavy (non-hydrogen) atoms. The molecular weight excluding hydrogens is 268 g/mol. The van der Waals surface area contributed by atoms with Crippen LogP contribution in [0.1, 0.15) is 47.7 Å². The lowest BCUT2D eigenvalue weighted by atomic mass is 10.1. The molecule has 1 aliphatic rings.